The topological polar surface area (TPSA) is 85.9 Å². The minimum absolute atomic E-state index is 0.0125. The number of carbonyl (C=O) groups is 2. The first-order chi connectivity index (χ1) is 10.4. The number of ether oxygens (including phenoxy) is 3. The van der Waals surface area contributed by atoms with Gasteiger partial charge < -0.3 is 24.8 Å². The summed E-state index contributed by atoms with van der Waals surface area (Å²) in [5, 5.41) is 5.29. The number of benzene rings is 1. The molecule has 2 amide bonds. The Morgan fingerprint density at radius 2 is 1.55 bits per heavy atom. The number of hydrogen-bond acceptors (Lipinski definition) is 5. The molecule has 122 valence electrons. The first-order valence-electron chi connectivity index (χ1n) is 6.80. The highest BCUT2D eigenvalue weighted by Crippen LogP contribution is 2.39. The molecule has 0 radical (unpaired) electrons. The van der Waals surface area contributed by atoms with Gasteiger partial charge in [0.25, 0.3) is 0 Å². The largest absolute Gasteiger partial charge is 0.493 e. The molecule has 1 rings (SSSR count). The molecule has 7 heteroatoms. The highest BCUT2D eigenvalue weighted by molar-refractivity contribution is 6.03. The number of amides is 2. The van der Waals surface area contributed by atoms with E-state index in [0.29, 0.717) is 22.9 Å². The summed E-state index contributed by atoms with van der Waals surface area (Å²) in [6.07, 6.45) is -0.255. The highest BCUT2D eigenvalue weighted by Gasteiger charge is 2.16. The minimum atomic E-state index is -0.424. The average Bonchev–Trinajstić information content (AvgIpc) is 2.44. The molecule has 2 N–H and O–H groups in total. The third-order valence-electron chi connectivity index (χ3n) is 2.72. The van der Waals surface area contributed by atoms with Crippen LogP contribution >= 0.6 is 0 Å². The average molecular weight is 310 g/mol. The Kier molecular flexibility index (Phi) is 6.49. The molecule has 0 fully saturated rings. The van der Waals surface area contributed by atoms with Crippen LogP contribution in [0.2, 0.25) is 0 Å². The molecule has 0 heterocycles. The molecule has 0 aliphatic rings. The van der Waals surface area contributed by atoms with Gasteiger partial charge in [0.15, 0.2) is 11.5 Å². The molecule has 1 aromatic carbocycles. The van der Waals surface area contributed by atoms with Crippen molar-refractivity contribution in [1.82, 2.24) is 5.32 Å². The predicted octanol–water partition coefficient (Wildman–Crippen LogP) is 1.57. The molecular weight excluding hydrogens is 288 g/mol. The Hall–Kier alpha value is -2.44. The van der Waals surface area contributed by atoms with E-state index >= 15 is 0 Å². The van der Waals surface area contributed by atoms with E-state index in [0.717, 1.165) is 0 Å². The lowest BCUT2D eigenvalue weighted by Gasteiger charge is -2.14. The first kappa shape index (κ1) is 17.6. The van der Waals surface area contributed by atoms with Crippen LogP contribution in [-0.4, -0.2) is 39.2 Å². The summed E-state index contributed by atoms with van der Waals surface area (Å²) in [5.41, 5.74) is 0.455. The molecule has 0 saturated heterocycles. The van der Waals surface area contributed by atoms with Gasteiger partial charge in [-0.25, -0.2) is 0 Å². The zero-order valence-electron chi connectivity index (χ0n) is 13.5. The smallest absolute Gasteiger partial charge is 0.233 e. The molecule has 7 nitrogen and oxygen atoms in total. The quantitative estimate of drug-likeness (QED) is 0.747. The number of hydrogen-bond donors (Lipinski definition) is 2. The Bertz CT molecular complexity index is 518. The fourth-order valence-electron chi connectivity index (χ4n) is 1.88. The summed E-state index contributed by atoms with van der Waals surface area (Å²) in [4.78, 5) is 23.4. The lowest BCUT2D eigenvalue weighted by atomic mass is 10.2. The molecular formula is C15H22N2O5. The third kappa shape index (κ3) is 4.83. The molecule has 0 spiro atoms. The molecule has 0 saturated carbocycles. The second kappa shape index (κ2) is 8.11. The highest BCUT2D eigenvalue weighted by atomic mass is 16.5. The predicted molar refractivity (Wildman–Crippen MR) is 82.6 cm³/mol. The van der Waals surface area contributed by atoms with Gasteiger partial charge in [-0.3, -0.25) is 9.59 Å². The number of anilines is 1. The van der Waals surface area contributed by atoms with E-state index in [1.807, 2.05) is 13.8 Å². The van der Waals surface area contributed by atoms with Crippen molar-refractivity contribution in [3.63, 3.8) is 0 Å². The normalized spacial score (nSPS) is 10.1. The molecule has 0 aromatic heterocycles. The fraction of sp³-hybridized carbons (Fsp3) is 0.467. The molecule has 22 heavy (non-hydrogen) atoms. The van der Waals surface area contributed by atoms with Crippen molar-refractivity contribution >= 4 is 17.5 Å². The zero-order valence-corrected chi connectivity index (χ0v) is 13.5. The van der Waals surface area contributed by atoms with E-state index in [-0.39, 0.29) is 18.4 Å². The molecule has 0 atom stereocenters. The van der Waals surface area contributed by atoms with Crippen LogP contribution in [0.5, 0.6) is 17.2 Å². The Balaban J connectivity index is 2.85. The van der Waals surface area contributed by atoms with Gasteiger partial charge in [0.2, 0.25) is 17.6 Å². The maximum absolute atomic E-state index is 11.9. The van der Waals surface area contributed by atoms with Gasteiger partial charge >= 0.3 is 0 Å². The van der Waals surface area contributed by atoms with E-state index in [4.69, 9.17) is 14.2 Å². The van der Waals surface area contributed by atoms with Crippen LogP contribution in [0.15, 0.2) is 12.1 Å². The van der Waals surface area contributed by atoms with Crippen molar-refractivity contribution in [2.75, 3.05) is 26.6 Å². The fourth-order valence-corrected chi connectivity index (χ4v) is 1.88. The van der Waals surface area contributed by atoms with E-state index in [2.05, 4.69) is 10.6 Å². The van der Waals surface area contributed by atoms with E-state index < -0.39 is 5.91 Å². The lowest BCUT2D eigenvalue weighted by molar-refractivity contribution is -0.127. The van der Waals surface area contributed by atoms with Gasteiger partial charge in [0, 0.05) is 23.9 Å². The maximum Gasteiger partial charge on any atom is 0.233 e. The lowest BCUT2D eigenvalue weighted by Crippen LogP contribution is -2.33. The van der Waals surface area contributed by atoms with Crippen LogP contribution in [0.4, 0.5) is 5.69 Å². The Morgan fingerprint density at radius 3 is 1.95 bits per heavy atom. The van der Waals surface area contributed by atoms with Crippen molar-refractivity contribution in [3.05, 3.63) is 12.1 Å². The monoisotopic (exact) mass is 310 g/mol. The van der Waals surface area contributed by atoms with E-state index in [9.17, 15) is 9.59 Å². The standard InChI is InChI=1S/C15H22N2O5/c1-9(2)16-13(18)8-14(19)17-10-6-11(20-3)15(22-5)12(7-10)21-4/h6-7,9H,8H2,1-5H3,(H,16,18)(H,17,19). The summed E-state index contributed by atoms with van der Waals surface area (Å²) in [7, 11) is 4.47. The van der Waals surface area contributed by atoms with Crippen LogP contribution < -0.4 is 24.8 Å². The SMILES string of the molecule is COc1cc(NC(=O)CC(=O)NC(C)C)cc(OC)c1OC. The molecule has 1 aromatic rings. The van der Waals surface area contributed by atoms with E-state index in [1.54, 1.807) is 12.1 Å². The van der Waals surface area contributed by atoms with Gasteiger partial charge in [-0.2, -0.15) is 0 Å². The summed E-state index contributed by atoms with van der Waals surface area (Å²) in [5.74, 6) is 0.514. The molecule has 0 unspecified atom stereocenters. The maximum atomic E-state index is 11.9. The summed E-state index contributed by atoms with van der Waals surface area (Å²) < 4.78 is 15.6. The van der Waals surface area contributed by atoms with Crippen LogP contribution in [0.25, 0.3) is 0 Å². The van der Waals surface area contributed by atoms with Crippen LogP contribution in [-0.2, 0) is 9.59 Å². The van der Waals surface area contributed by atoms with Gasteiger partial charge in [0.1, 0.15) is 6.42 Å². The summed E-state index contributed by atoms with van der Waals surface area (Å²) in [6, 6.07) is 3.18. The second-order valence-electron chi connectivity index (χ2n) is 4.86. The van der Waals surface area contributed by atoms with Crippen molar-refractivity contribution in [2.24, 2.45) is 0 Å². The van der Waals surface area contributed by atoms with Crippen molar-refractivity contribution in [1.29, 1.82) is 0 Å². The van der Waals surface area contributed by atoms with E-state index in [1.165, 1.54) is 21.3 Å². The Morgan fingerprint density at radius 1 is 1.00 bits per heavy atom. The first-order valence-corrected chi connectivity index (χ1v) is 6.80. The summed E-state index contributed by atoms with van der Waals surface area (Å²) in [6.45, 7) is 3.66. The van der Waals surface area contributed by atoms with Gasteiger partial charge in [-0.15, -0.1) is 0 Å². The molecule has 0 aliphatic heterocycles. The zero-order chi connectivity index (χ0) is 16.7. The van der Waals surface area contributed by atoms with Gasteiger partial charge in [-0.05, 0) is 13.8 Å². The van der Waals surface area contributed by atoms with Crippen molar-refractivity contribution in [2.45, 2.75) is 26.3 Å². The summed E-state index contributed by atoms with van der Waals surface area (Å²) >= 11 is 0. The van der Waals surface area contributed by atoms with Gasteiger partial charge in [0.05, 0.1) is 21.3 Å². The van der Waals surface area contributed by atoms with Crippen LogP contribution in [0.3, 0.4) is 0 Å². The molecule has 0 bridgehead atoms. The van der Waals surface area contributed by atoms with Crippen LogP contribution in [0, 0.1) is 0 Å². The number of rotatable bonds is 7. The van der Waals surface area contributed by atoms with Crippen molar-refractivity contribution in [3.8, 4) is 17.2 Å². The van der Waals surface area contributed by atoms with Gasteiger partial charge in [-0.1, -0.05) is 0 Å². The number of methoxy groups -OCH3 is 3. The van der Waals surface area contributed by atoms with Crippen LogP contribution in [0.1, 0.15) is 20.3 Å². The van der Waals surface area contributed by atoms with Crippen molar-refractivity contribution < 1.29 is 23.8 Å². The number of carbonyl (C=O) groups excluding carboxylic acids is 2. The Labute approximate surface area is 129 Å². The molecule has 0 aliphatic carbocycles. The third-order valence-corrected chi connectivity index (χ3v) is 2.72. The number of nitrogens with one attached hydrogen (secondary N) is 2. The second-order valence-corrected chi connectivity index (χ2v) is 4.86. The minimum Gasteiger partial charge on any atom is -0.493 e.